The quantitative estimate of drug-likeness (QED) is 0.241. The maximum absolute atomic E-state index is 9.96. The molecule has 2 heterocycles. The van der Waals surface area contributed by atoms with Crippen molar-refractivity contribution in [1.29, 1.82) is 5.26 Å². The minimum absolute atomic E-state index is 0.0163. The normalized spacial score (nSPS) is 11.0. The van der Waals surface area contributed by atoms with Gasteiger partial charge in [0.15, 0.2) is 17.3 Å². The molecule has 0 aliphatic heterocycles. The van der Waals surface area contributed by atoms with Crippen LogP contribution in [-0.2, 0) is 0 Å². The van der Waals surface area contributed by atoms with E-state index >= 15 is 0 Å². The van der Waals surface area contributed by atoms with E-state index in [2.05, 4.69) is 42.5 Å². The van der Waals surface area contributed by atoms with Gasteiger partial charge in [0.1, 0.15) is 23.7 Å². The second-order valence-corrected chi connectivity index (χ2v) is 8.55. The molecule has 0 radical (unpaired) electrons. The molecular formula is C23H18BrN5O3S. The summed E-state index contributed by atoms with van der Waals surface area (Å²) in [5.41, 5.74) is 5.47. The van der Waals surface area contributed by atoms with E-state index in [0.717, 1.165) is 10.4 Å². The zero-order chi connectivity index (χ0) is 23.4. The summed E-state index contributed by atoms with van der Waals surface area (Å²) in [4.78, 5) is 9.40. The van der Waals surface area contributed by atoms with Gasteiger partial charge in [-0.3, -0.25) is 5.43 Å². The van der Waals surface area contributed by atoms with Crippen molar-refractivity contribution in [3.05, 3.63) is 58.3 Å². The fourth-order valence-electron chi connectivity index (χ4n) is 3.21. The number of para-hydroxylation sites is 1. The summed E-state index contributed by atoms with van der Waals surface area (Å²) >= 11 is 4.69. The lowest BCUT2D eigenvalue weighted by Gasteiger charge is -2.08. The number of fused-ring (bicyclic) bond motifs is 1. The van der Waals surface area contributed by atoms with Gasteiger partial charge in [-0.1, -0.05) is 12.1 Å². The number of phenolic OH excluding ortho intramolecular Hbond substituents is 1. The van der Waals surface area contributed by atoms with Gasteiger partial charge < -0.3 is 14.6 Å². The number of nitrogens with one attached hydrogen (secondary N) is 1. The van der Waals surface area contributed by atoms with Gasteiger partial charge in [0, 0.05) is 5.56 Å². The number of rotatable bonds is 7. The van der Waals surface area contributed by atoms with Crippen LogP contribution in [-0.4, -0.2) is 35.0 Å². The first-order valence-electron chi connectivity index (χ1n) is 9.82. The highest BCUT2D eigenvalue weighted by Gasteiger charge is 2.20. The minimum atomic E-state index is 0.0163. The Hall–Kier alpha value is -3.68. The summed E-state index contributed by atoms with van der Waals surface area (Å²) in [6.07, 6.45) is 2.97. The Morgan fingerprint density at radius 2 is 2.09 bits per heavy atom. The molecule has 0 atom stereocenters. The van der Waals surface area contributed by atoms with Gasteiger partial charge in [-0.15, -0.1) is 11.3 Å². The van der Waals surface area contributed by atoms with Crippen molar-refractivity contribution in [3.8, 4) is 33.8 Å². The van der Waals surface area contributed by atoms with Crippen LogP contribution < -0.4 is 14.9 Å². The number of halogens is 1. The van der Waals surface area contributed by atoms with E-state index in [1.807, 2.05) is 31.2 Å². The van der Waals surface area contributed by atoms with Crippen LogP contribution >= 0.6 is 27.3 Å². The number of hydrazone groups is 1. The van der Waals surface area contributed by atoms with E-state index in [1.54, 1.807) is 18.3 Å². The molecule has 0 saturated carbocycles. The Morgan fingerprint density at radius 3 is 2.85 bits per heavy atom. The van der Waals surface area contributed by atoms with Gasteiger partial charge in [0.2, 0.25) is 0 Å². The highest BCUT2D eigenvalue weighted by Crippen LogP contribution is 2.43. The molecule has 0 spiro atoms. The van der Waals surface area contributed by atoms with Crippen LogP contribution in [0.15, 0.2) is 52.3 Å². The van der Waals surface area contributed by atoms with E-state index in [4.69, 9.17) is 9.47 Å². The predicted molar refractivity (Wildman–Crippen MR) is 132 cm³/mol. The largest absolute Gasteiger partial charge is 0.503 e. The zero-order valence-corrected chi connectivity index (χ0v) is 20.1. The number of phenols is 1. The summed E-state index contributed by atoms with van der Waals surface area (Å²) in [6.45, 7) is 2.43. The summed E-state index contributed by atoms with van der Waals surface area (Å²) < 4.78 is 12.1. The zero-order valence-electron chi connectivity index (χ0n) is 17.7. The Morgan fingerprint density at radius 1 is 1.27 bits per heavy atom. The number of methoxy groups -OCH3 is 1. The maximum Gasteiger partial charge on any atom is 0.172 e. The van der Waals surface area contributed by atoms with Gasteiger partial charge in [0.05, 0.1) is 39.5 Å². The first-order valence-corrected chi connectivity index (χ1v) is 11.4. The molecule has 2 N–H and O–H groups in total. The van der Waals surface area contributed by atoms with Crippen molar-refractivity contribution in [2.24, 2.45) is 5.10 Å². The number of benzene rings is 2. The van der Waals surface area contributed by atoms with E-state index in [1.165, 1.54) is 24.8 Å². The Balaban J connectivity index is 1.72. The Labute approximate surface area is 202 Å². The van der Waals surface area contributed by atoms with Gasteiger partial charge >= 0.3 is 0 Å². The second kappa shape index (κ2) is 9.85. The van der Waals surface area contributed by atoms with Gasteiger partial charge in [-0.2, -0.15) is 10.4 Å². The predicted octanol–water partition coefficient (Wildman–Crippen LogP) is 5.55. The molecule has 33 heavy (non-hydrogen) atoms. The van der Waals surface area contributed by atoms with Crippen LogP contribution in [0.25, 0.3) is 20.7 Å². The molecule has 0 unspecified atom stereocenters. The van der Waals surface area contributed by atoms with Crippen LogP contribution in [0.5, 0.6) is 17.2 Å². The molecule has 0 saturated heterocycles. The maximum atomic E-state index is 9.96. The average molecular weight is 524 g/mol. The summed E-state index contributed by atoms with van der Waals surface area (Å²) in [5.74, 6) is 1.52. The third kappa shape index (κ3) is 4.46. The lowest BCUT2D eigenvalue weighted by atomic mass is 10.1. The van der Waals surface area contributed by atoms with Gasteiger partial charge in [-0.05, 0) is 52.7 Å². The number of nitriles is 1. The number of ether oxygens (including phenoxy) is 2. The van der Waals surface area contributed by atoms with Crippen LogP contribution in [0, 0.1) is 11.3 Å². The van der Waals surface area contributed by atoms with E-state index in [9.17, 15) is 10.4 Å². The summed E-state index contributed by atoms with van der Waals surface area (Å²) in [5, 5.41) is 24.1. The lowest BCUT2D eigenvalue weighted by molar-refractivity contribution is 0.341. The fraction of sp³-hybridized carbons (Fsp3) is 0.130. The fourth-order valence-corrected chi connectivity index (χ4v) is 4.84. The second-order valence-electron chi connectivity index (χ2n) is 6.67. The van der Waals surface area contributed by atoms with Gasteiger partial charge in [-0.25, -0.2) is 9.97 Å². The molecule has 0 aliphatic carbocycles. The van der Waals surface area contributed by atoms with Crippen LogP contribution in [0.1, 0.15) is 18.1 Å². The third-order valence-corrected chi connectivity index (χ3v) is 6.49. The average Bonchev–Trinajstić information content (AvgIpc) is 3.21. The van der Waals surface area contributed by atoms with Crippen LogP contribution in [0.2, 0.25) is 0 Å². The first-order chi connectivity index (χ1) is 16.1. The van der Waals surface area contributed by atoms with Crippen molar-refractivity contribution < 1.29 is 14.6 Å². The summed E-state index contributed by atoms with van der Waals surface area (Å²) in [6, 6.07) is 13.2. The SMILES string of the molecule is CCOc1ccccc1-c1sc2c(N/N=C/c3cc(Br)c(O)c(OC)c3)ncnc2c1C#N. The monoisotopic (exact) mass is 523 g/mol. The smallest absolute Gasteiger partial charge is 0.172 e. The van der Waals surface area contributed by atoms with Crippen LogP contribution in [0.3, 0.4) is 0 Å². The van der Waals surface area contributed by atoms with Crippen molar-refractivity contribution in [2.45, 2.75) is 6.92 Å². The molecule has 166 valence electrons. The molecule has 0 aliphatic rings. The number of thiophene rings is 1. The third-order valence-electron chi connectivity index (χ3n) is 4.67. The van der Waals surface area contributed by atoms with E-state index < -0.39 is 0 Å². The first kappa shape index (κ1) is 22.5. The number of hydrogen-bond acceptors (Lipinski definition) is 9. The molecular weight excluding hydrogens is 506 g/mol. The lowest BCUT2D eigenvalue weighted by Crippen LogP contribution is -1.95. The molecule has 2 aromatic carbocycles. The highest BCUT2D eigenvalue weighted by atomic mass is 79.9. The summed E-state index contributed by atoms with van der Waals surface area (Å²) in [7, 11) is 1.48. The van der Waals surface area contributed by atoms with Gasteiger partial charge in [0.25, 0.3) is 0 Å². The van der Waals surface area contributed by atoms with Crippen molar-refractivity contribution in [2.75, 3.05) is 19.1 Å². The number of aromatic nitrogens is 2. The van der Waals surface area contributed by atoms with Crippen LogP contribution in [0.4, 0.5) is 5.82 Å². The van der Waals surface area contributed by atoms with Crippen molar-refractivity contribution >= 4 is 49.5 Å². The highest BCUT2D eigenvalue weighted by molar-refractivity contribution is 9.10. The molecule has 2 aromatic heterocycles. The molecule has 0 amide bonds. The van der Waals surface area contributed by atoms with Crippen molar-refractivity contribution in [3.63, 3.8) is 0 Å². The molecule has 0 fully saturated rings. The molecule has 10 heteroatoms. The Bertz CT molecular complexity index is 1400. The molecule has 4 aromatic rings. The molecule has 4 rings (SSSR count). The molecule has 0 bridgehead atoms. The van der Waals surface area contributed by atoms with E-state index in [0.29, 0.717) is 49.7 Å². The number of hydrogen-bond donors (Lipinski definition) is 2. The minimum Gasteiger partial charge on any atom is -0.503 e. The van der Waals surface area contributed by atoms with Crippen molar-refractivity contribution in [1.82, 2.24) is 9.97 Å². The number of aromatic hydroxyl groups is 1. The molecule has 8 nitrogen and oxygen atoms in total. The Kier molecular flexibility index (Phi) is 6.72. The number of nitrogens with zero attached hydrogens (tertiary/aromatic N) is 4. The number of anilines is 1. The standard InChI is InChI=1S/C23H18BrN5O3S/c1-3-32-17-7-5-4-6-14(17)21-15(10-25)19-22(33-21)23(27-12-26-19)29-28-11-13-8-16(24)20(30)18(9-13)31-2/h4-9,11-12,30H,3H2,1-2H3,(H,26,27,29)/b28-11+. The topological polar surface area (TPSA) is 113 Å². The van der Waals surface area contributed by atoms with E-state index in [-0.39, 0.29) is 5.75 Å².